The number of anilines is 1. The van der Waals surface area contributed by atoms with Crippen LogP contribution >= 0.6 is 0 Å². The monoisotopic (exact) mass is 425 g/mol. The van der Waals surface area contributed by atoms with E-state index in [9.17, 15) is 4.79 Å². The van der Waals surface area contributed by atoms with Crippen molar-refractivity contribution in [2.45, 2.75) is 32.2 Å². The van der Waals surface area contributed by atoms with Crippen LogP contribution < -0.4 is 9.64 Å². The first-order valence-electron chi connectivity index (χ1n) is 11.2. The molecule has 1 amide bonds. The summed E-state index contributed by atoms with van der Waals surface area (Å²) in [7, 11) is 0. The molecule has 4 aromatic rings. The molecule has 1 atom stereocenters. The molecule has 5 heteroatoms. The van der Waals surface area contributed by atoms with Gasteiger partial charge in [0.2, 0.25) is 5.91 Å². The number of carbonyl (C=O) groups excluding carboxylic acids is 1. The number of rotatable bonds is 7. The van der Waals surface area contributed by atoms with Crippen LogP contribution in [0.3, 0.4) is 0 Å². The molecule has 0 radical (unpaired) electrons. The normalized spacial score (nSPS) is 16.1. The molecule has 2 heterocycles. The molecule has 1 fully saturated rings. The standard InChI is InChI=1S/C27H27N3O2/c1-20-10-5-8-15-25(20)32-17-9-16-29-24-14-7-6-13-23(24)28-27(29)21-18-26(31)30(19-21)22-11-3-2-4-12-22/h2-8,10-15,21H,9,16-19H2,1H3/t21-/m0/s1. The van der Waals surface area contributed by atoms with Gasteiger partial charge in [-0.05, 0) is 49.2 Å². The zero-order valence-electron chi connectivity index (χ0n) is 18.3. The van der Waals surface area contributed by atoms with Crippen LogP contribution in [0.1, 0.15) is 30.1 Å². The van der Waals surface area contributed by atoms with Crippen molar-refractivity contribution in [1.82, 2.24) is 9.55 Å². The van der Waals surface area contributed by atoms with Gasteiger partial charge in [0.25, 0.3) is 0 Å². The minimum atomic E-state index is 0.0763. The van der Waals surface area contributed by atoms with Crippen molar-refractivity contribution in [2.75, 3.05) is 18.1 Å². The van der Waals surface area contributed by atoms with E-state index in [0.717, 1.165) is 46.8 Å². The summed E-state index contributed by atoms with van der Waals surface area (Å²) in [5.74, 6) is 2.16. The number of ether oxygens (including phenoxy) is 1. The summed E-state index contributed by atoms with van der Waals surface area (Å²) < 4.78 is 8.29. The molecule has 1 aliphatic heterocycles. The average Bonchev–Trinajstić information content (AvgIpc) is 3.39. The first kappa shape index (κ1) is 20.3. The molecule has 5 rings (SSSR count). The van der Waals surface area contributed by atoms with Crippen molar-refractivity contribution in [3.8, 4) is 5.75 Å². The van der Waals surface area contributed by atoms with Crippen molar-refractivity contribution < 1.29 is 9.53 Å². The van der Waals surface area contributed by atoms with Crippen LogP contribution in [-0.2, 0) is 11.3 Å². The molecule has 162 valence electrons. The number of para-hydroxylation sites is 4. The number of hydrogen-bond acceptors (Lipinski definition) is 3. The summed E-state index contributed by atoms with van der Waals surface area (Å²) in [5, 5.41) is 0. The van der Waals surface area contributed by atoms with E-state index in [1.54, 1.807) is 0 Å². The summed E-state index contributed by atoms with van der Waals surface area (Å²) in [5.41, 5.74) is 4.19. The Bertz CT molecular complexity index is 1230. The zero-order chi connectivity index (χ0) is 21.9. The van der Waals surface area contributed by atoms with E-state index < -0.39 is 0 Å². The van der Waals surface area contributed by atoms with Crippen LogP contribution in [0.4, 0.5) is 5.69 Å². The number of carbonyl (C=O) groups is 1. The molecular weight excluding hydrogens is 398 g/mol. The lowest BCUT2D eigenvalue weighted by Crippen LogP contribution is -2.24. The molecule has 0 aliphatic carbocycles. The Labute approximate surface area is 188 Å². The number of aryl methyl sites for hydroxylation is 2. The zero-order valence-corrected chi connectivity index (χ0v) is 18.3. The second-order valence-corrected chi connectivity index (χ2v) is 8.32. The molecule has 32 heavy (non-hydrogen) atoms. The van der Waals surface area contributed by atoms with Gasteiger partial charge in [-0.2, -0.15) is 0 Å². The largest absolute Gasteiger partial charge is 0.493 e. The van der Waals surface area contributed by atoms with E-state index in [1.807, 2.05) is 71.6 Å². The van der Waals surface area contributed by atoms with Gasteiger partial charge in [0.05, 0.1) is 17.6 Å². The van der Waals surface area contributed by atoms with Gasteiger partial charge in [0, 0.05) is 31.1 Å². The third kappa shape index (κ3) is 3.98. The van der Waals surface area contributed by atoms with Crippen molar-refractivity contribution in [3.05, 3.63) is 90.3 Å². The van der Waals surface area contributed by atoms with Gasteiger partial charge < -0.3 is 14.2 Å². The van der Waals surface area contributed by atoms with Gasteiger partial charge in [0.15, 0.2) is 0 Å². The summed E-state index contributed by atoms with van der Waals surface area (Å²) in [6.45, 7) is 4.16. The molecule has 1 aliphatic rings. The van der Waals surface area contributed by atoms with Gasteiger partial charge in [-0.1, -0.05) is 48.5 Å². The van der Waals surface area contributed by atoms with Crippen LogP contribution in [0.5, 0.6) is 5.75 Å². The minimum Gasteiger partial charge on any atom is -0.493 e. The maximum Gasteiger partial charge on any atom is 0.227 e. The highest BCUT2D eigenvalue weighted by Gasteiger charge is 2.34. The third-order valence-corrected chi connectivity index (χ3v) is 6.12. The SMILES string of the molecule is Cc1ccccc1OCCCn1c([C@H]2CC(=O)N(c3ccccc3)C2)nc2ccccc21. The van der Waals surface area contributed by atoms with Gasteiger partial charge in [-0.3, -0.25) is 4.79 Å². The van der Waals surface area contributed by atoms with Gasteiger partial charge in [0.1, 0.15) is 11.6 Å². The van der Waals surface area contributed by atoms with Crippen LogP contribution in [0.15, 0.2) is 78.9 Å². The predicted octanol–water partition coefficient (Wildman–Crippen LogP) is 5.33. The van der Waals surface area contributed by atoms with Gasteiger partial charge >= 0.3 is 0 Å². The average molecular weight is 426 g/mol. The van der Waals surface area contributed by atoms with E-state index in [-0.39, 0.29) is 11.8 Å². The van der Waals surface area contributed by atoms with Gasteiger partial charge in [-0.25, -0.2) is 4.98 Å². The lowest BCUT2D eigenvalue weighted by Gasteiger charge is -2.17. The second-order valence-electron chi connectivity index (χ2n) is 8.32. The molecule has 0 bridgehead atoms. The molecule has 3 aromatic carbocycles. The maximum absolute atomic E-state index is 12.8. The fourth-order valence-corrected chi connectivity index (χ4v) is 4.50. The van der Waals surface area contributed by atoms with Crippen LogP contribution in [-0.4, -0.2) is 28.6 Å². The summed E-state index contributed by atoms with van der Waals surface area (Å²) in [6, 6.07) is 26.2. The molecule has 1 saturated heterocycles. The smallest absolute Gasteiger partial charge is 0.227 e. The van der Waals surface area contributed by atoms with Crippen LogP contribution in [0.2, 0.25) is 0 Å². The number of aromatic nitrogens is 2. The Morgan fingerprint density at radius 3 is 2.56 bits per heavy atom. The van der Waals surface area contributed by atoms with Crippen molar-refractivity contribution in [2.24, 2.45) is 0 Å². The number of hydrogen-bond donors (Lipinski definition) is 0. The number of amides is 1. The molecular formula is C27H27N3O2. The fourth-order valence-electron chi connectivity index (χ4n) is 4.50. The first-order valence-corrected chi connectivity index (χ1v) is 11.2. The minimum absolute atomic E-state index is 0.0763. The van der Waals surface area contributed by atoms with E-state index in [1.165, 1.54) is 0 Å². The molecule has 0 saturated carbocycles. The fraction of sp³-hybridized carbons (Fsp3) is 0.259. The molecule has 5 nitrogen and oxygen atoms in total. The van der Waals surface area contributed by atoms with Crippen LogP contribution in [0, 0.1) is 6.92 Å². The Morgan fingerprint density at radius 1 is 0.969 bits per heavy atom. The highest BCUT2D eigenvalue weighted by Crippen LogP contribution is 2.33. The Hall–Kier alpha value is -3.60. The van der Waals surface area contributed by atoms with Crippen molar-refractivity contribution in [1.29, 1.82) is 0 Å². The molecule has 0 spiro atoms. The Morgan fingerprint density at radius 2 is 1.72 bits per heavy atom. The van der Waals surface area contributed by atoms with Crippen molar-refractivity contribution in [3.63, 3.8) is 0 Å². The number of imidazole rings is 1. The van der Waals surface area contributed by atoms with E-state index >= 15 is 0 Å². The van der Waals surface area contributed by atoms with Crippen LogP contribution in [0.25, 0.3) is 11.0 Å². The van der Waals surface area contributed by atoms with Crippen molar-refractivity contribution >= 4 is 22.6 Å². The molecule has 0 N–H and O–H groups in total. The molecule has 0 unspecified atom stereocenters. The Balaban J connectivity index is 1.35. The highest BCUT2D eigenvalue weighted by atomic mass is 16.5. The third-order valence-electron chi connectivity index (χ3n) is 6.12. The maximum atomic E-state index is 12.8. The molecule has 1 aromatic heterocycles. The van der Waals surface area contributed by atoms with E-state index in [2.05, 4.69) is 23.6 Å². The quantitative estimate of drug-likeness (QED) is 0.376. The predicted molar refractivity (Wildman–Crippen MR) is 127 cm³/mol. The topological polar surface area (TPSA) is 47.4 Å². The number of nitrogens with zero attached hydrogens (tertiary/aromatic N) is 3. The lowest BCUT2D eigenvalue weighted by molar-refractivity contribution is -0.117. The Kier molecular flexibility index (Phi) is 5.63. The first-order chi connectivity index (χ1) is 15.7. The van der Waals surface area contributed by atoms with E-state index in [4.69, 9.17) is 9.72 Å². The lowest BCUT2D eigenvalue weighted by atomic mass is 10.1. The van der Waals surface area contributed by atoms with Gasteiger partial charge in [-0.15, -0.1) is 0 Å². The second kappa shape index (κ2) is 8.87. The summed E-state index contributed by atoms with van der Waals surface area (Å²) >= 11 is 0. The highest BCUT2D eigenvalue weighted by molar-refractivity contribution is 5.96. The number of benzene rings is 3. The van der Waals surface area contributed by atoms with E-state index in [0.29, 0.717) is 19.6 Å². The summed E-state index contributed by atoms with van der Waals surface area (Å²) in [4.78, 5) is 19.6. The number of fused-ring (bicyclic) bond motifs is 1. The summed E-state index contributed by atoms with van der Waals surface area (Å²) in [6.07, 6.45) is 1.35.